The number of anilines is 1. The molecule has 3 aromatic rings. The summed E-state index contributed by atoms with van der Waals surface area (Å²) in [4.78, 5) is 19.9. The molecule has 0 amide bonds. The first kappa shape index (κ1) is 17.5. The molecule has 4 heterocycles. The van der Waals surface area contributed by atoms with Crippen LogP contribution < -0.4 is 5.32 Å². The number of hydrogen-bond donors (Lipinski definition) is 1. The molecule has 0 aliphatic carbocycles. The maximum atomic E-state index is 5.50. The zero-order valence-electron chi connectivity index (χ0n) is 15.0. The van der Waals surface area contributed by atoms with Crippen LogP contribution in [0.5, 0.6) is 0 Å². The van der Waals surface area contributed by atoms with Gasteiger partial charge in [0.2, 0.25) is 5.95 Å². The van der Waals surface area contributed by atoms with Gasteiger partial charge in [-0.3, -0.25) is 14.9 Å². The molecule has 7 heteroatoms. The van der Waals surface area contributed by atoms with Crippen LogP contribution in [0.3, 0.4) is 0 Å². The van der Waals surface area contributed by atoms with Crippen molar-refractivity contribution in [2.75, 3.05) is 38.2 Å². The molecule has 7 nitrogen and oxygen atoms in total. The number of pyridine rings is 2. The van der Waals surface area contributed by atoms with Crippen LogP contribution in [0.25, 0.3) is 11.3 Å². The van der Waals surface area contributed by atoms with Crippen LogP contribution >= 0.6 is 0 Å². The third kappa shape index (κ3) is 4.45. The standard InChI is InChI=1S/C20H22N6O/c1-3-16(13-21-6-1)18-5-8-23-20(25-18)24-15-19(17-4-2-7-22-14-17)26-9-11-27-12-10-26/h1-8,13-14,19H,9-12,15H2,(H,23,24,25). The Balaban J connectivity index is 1.51. The summed E-state index contributed by atoms with van der Waals surface area (Å²) in [5, 5.41) is 3.40. The molecule has 1 aliphatic heterocycles. The highest BCUT2D eigenvalue weighted by Gasteiger charge is 2.23. The summed E-state index contributed by atoms with van der Waals surface area (Å²) in [6.45, 7) is 4.01. The van der Waals surface area contributed by atoms with E-state index in [0.717, 1.165) is 37.6 Å². The fourth-order valence-corrected chi connectivity index (χ4v) is 3.23. The Morgan fingerprint density at radius 1 is 1.00 bits per heavy atom. The lowest BCUT2D eigenvalue weighted by atomic mass is 10.1. The Labute approximate surface area is 158 Å². The average molecular weight is 362 g/mol. The number of nitrogens with zero attached hydrogens (tertiary/aromatic N) is 5. The van der Waals surface area contributed by atoms with Gasteiger partial charge >= 0.3 is 0 Å². The first-order valence-electron chi connectivity index (χ1n) is 9.09. The quantitative estimate of drug-likeness (QED) is 0.722. The molecule has 1 unspecified atom stereocenters. The third-order valence-electron chi connectivity index (χ3n) is 4.62. The van der Waals surface area contributed by atoms with Gasteiger partial charge in [0, 0.05) is 56.2 Å². The number of nitrogens with one attached hydrogen (secondary N) is 1. The third-order valence-corrected chi connectivity index (χ3v) is 4.62. The lowest BCUT2D eigenvalue weighted by Crippen LogP contribution is -2.41. The van der Waals surface area contributed by atoms with Crippen molar-refractivity contribution >= 4 is 5.95 Å². The van der Waals surface area contributed by atoms with Gasteiger partial charge < -0.3 is 10.1 Å². The molecule has 0 spiro atoms. The second kappa shape index (κ2) is 8.66. The van der Waals surface area contributed by atoms with Gasteiger partial charge in [-0.2, -0.15) is 0 Å². The summed E-state index contributed by atoms with van der Waals surface area (Å²) in [5.41, 5.74) is 3.00. The Kier molecular flexibility index (Phi) is 5.61. The number of hydrogen-bond acceptors (Lipinski definition) is 7. The van der Waals surface area contributed by atoms with Crippen LogP contribution in [0.15, 0.2) is 61.3 Å². The normalized spacial score (nSPS) is 16.0. The van der Waals surface area contributed by atoms with Gasteiger partial charge in [-0.25, -0.2) is 9.97 Å². The van der Waals surface area contributed by atoms with E-state index >= 15 is 0 Å². The first-order chi connectivity index (χ1) is 13.4. The zero-order valence-corrected chi connectivity index (χ0v) is 15.0. The van der Waals surface area contributed by atoms with E-state index in [2.05, 4.69) is 36.2 Å². The fourth-order valence-electron chi connectivity index (χ4n) is 3.23. The topological polar surface area (TPSA) is 76.1 Å². The zero-order chi connectivity index (χ0) is 18.3. The van der Waals surface area contributed by atoms with Crippen molar-refractivity contribution in [2.45, 2.75) is 6.04 Å². The second-order valence-corrected chi connectivity index (χ2v) is 6.34. The lowest BCUT2D eigenvalue weighted by Gasteiger charge is -2.34. The van der Waals surface area contributed by atoms with Crippen molar-refractivity contribution in [3.63, 3.8) is 0 Å². The number of aromatic nitrogens is 4. The molecule has 27 heavy (non-hydrogen) atoms. The number of morpholine rings is 1. The molecular weight excluding hydrogens is 340 g/mol. The molecule has 0 bridgehead atoms. The molecule has 0 saturated carbocycles. The molecule has 3 aromatic heterocycles. The molecule has 0 radical (unpaired) electrons. The second-order valence-electron chi connectivity index (χ2n) is 6.34. The highest BCUT2D eigenvalue weighted by atomic mass is 16.5. The SMILES string of the molecule is c1cncc(-c2ccnc(NCC(c3cccnc3)N3CCOCC3)n2)c1. The molecule has 4 rings (SSSR count). The van der Waals surface area contributed by atoms with Crippen LogP contribution in [-0.4, -0.2) is 57.7 Å². The van der Waals surface area contributed by atoms with Crippen LogP contribution in [0.4, 0.5) is 5.95 Å². The molecule has 1 fully saturated rings. The predicted octanol–water partition coefficient (Wildman–Crippen LogP) is 2.42. The summed E-state index contributed by atoms with van der Waals surface area (Å²) in [6.07, 6.45) is 9.05. The molecule has 1 N–H and O–H groups in total. The Bertz CT molecular complexity index is 839. The van der Waals surface area contributed by atoms with Crippen molar-refractivity contribution in [3.8, 4) is 11.3 Å². The fraction of sp³-hybridized carbons (Fsp3) is 0.300. The van der Waals surface area contributed by atoms with E-state index in [-0.39, 0.29) is 6.04 Å². The van der Waals surface area contributed by atoms with Gasteiger partial charge in [0.25, 0.3) is 0 Å². The summed E-state index contributed by atoms with van der Waals surface area (Å²) >= 11 is 0. The van der Waals surface area contributed by atoms with Gasteiger partial charge in [-0.1, -0.05) is 6.07 Å². The van der Waals surface area contributed by atoms with Crippen molar-refractivity contribution < 1.29 is 4.74 Å². The maximum Gasteiger partial charge on any atom is 0.223 e. The van der Waals surface area contributed by atoms with Gasteiger partial charge in [0.05, 0.1) is 24.9 Å². The minimum Gasteiger partial charge on any atom is -0.379 e. The van der Waals surface area contributed by atoms with Gasteiger partial charge in [0.15, 0.2) is 0 Å². The predicted molar refractivity (Wildman–Crippen MR) is 103 cm³/mol. The van der Waals surface area contributed by atoms with Gasteiger partial charge in [0.1, 0.15) is 0 Å². The van der Waals surface area contributed by atoms with E-state index in [0.29, 0.717) is 12.5 Å². The Morgan fingerprint density at radius 3 is 2.56 bits per heavy atom. The van der Waals surface area contributed by atoms with E-state index < -0.39 is 0 Å². The maximum absolute atomic E-state index is 5.50. The number of rotatable bonds is 6. The van der Waals surface area contributed by atoms with E-state index in [1.165, 1.54) is 5.56 Å². The van der Waals surface area contributed by atoms with Crippen LogP contribution in [-0.2, 0) is 4.74 Å². The molecule has 0 aromatic carbocycles. The number of ether oxygens (including phenoxy) is 1. The molecule has 1 saturated heterocycles. The van der Waals surface area contributed by atoms with Gasteiger partial charge in [-0.05, 0) is 29.8 Å². The molecule has 1 aliphatic rings. The largest absolute Gasteiger partial charge is 0.379 e. The molecule has 138 valence electrons. The van der Waals surface area contributed by atoms with E-state index in [9.17, 15) is 0 Å². The smallest absolute Gasteiger partial charge is 0.223 e. The van der Waals surface area contributed by atoms with E-state index in [1.807, 2.05) is 30.5 Å². The summed E-state index contributed by atoms with van der Waals surface area (Å²) in [6, 6.07) is 10.1. The Hall–Kier alpha value is -2.90. The molecular formula is C20H22N6O. The minimum absolute atomic E-state index is 0.188. The van der Waals surface area contributed by atoms with Crippen LogP contribution in [0.2, 0.25) is 0 Å². The highest BCUT2D eigenvalue weighted by molar-refractivity contribution is 5.58. The van der Waals surface area contributed by atoms with E-state index in [1.54, 1.807) is 24.8 Å². The van der Waals surface area contributed by atoms with Gasteiger partial charge in [-0.15, -0.1) is 0 Å². The average Bonchev–Trinajstić information content (AvgIpc) is 2.76. The lowest BCUT2D eigenvalue weighted by molar-refractivity contribution is 0.0186. The first-order valence-corrected chi connectivity index (χ1v) is 9.09. The summed E-state index contributed by atoms with van der Waals surface area (Å²) in [7, 11) is 0. The monoisotopic (exact) mass is 362 g/mol. The summed E-state index contributed by atoms with van der Waals surface area (Å²) in [5.74, 6) is 0.610. The van der Waals surface area contributed by atoms with Crippen LogP contribution in [0.1, 0.15) is 11.6 Å². The molecule has 1 atom stereocenters. The van der Waals surface area contributed by atoms with Crippen molar-refractivity contribution in [3.05, 3.63) is 66.9 Å². The summed E-state index contributed by atoms with van der Waals surface area (Å²) < 4.78 is 5.50. The van der Waals surface area contributed by atoms with Crippen LogP contribution in [0, 0.1) is 0 Å². The van der Waals surface area contributed by atoms with Crippen molar-refractivity contribution in [2.24, 2.45) is 0 Å². The highest BCUT2D eigenvalue weighted by Crippen LogP contribution is 2.22. The minimum atomic E-state index is 0.188. The van der Waals surface area contributed by atoms with Crippen molar-refractivity contribution in [1.29, 1.82) is 0 Å². The van der Waals surface area contributed by atoms with Crippen molar-refractivity contribution in [1.82, 2.24) is 24.8 Å². The Morgan fingerprint density at radius 2 is 1.81 bits per heavy atom. The van der Waals surface area contributed by atoms with E-state index in [4.69, 9.17) is 4.74 Å².